The molecular formula is C21H27N5. The number of nitrogens with one attached hydrogen (secondary N) is 2. The van der Waals surface area contributed by atoms with Crippen LogP contribution in [0.25, 0.3) is 11.0 Å². The maximum atomic E-state index is 4.90. The maximum absolute atomic E-state index is 4.90. The lowest BCUT2D eigenvalue weighted by Gasteiger charge is -2.11. The van der Waals surface area contributed by atoms with Gasteiger partial charge in [-0.2, -0.15) is 0 Å². The van der Waals surface area contributed by atoms with Gasteiger partial charge in [0.2, 0.25) is 0 Å². The van der Waals surface area contributed by atoms with Gasteiger partial charge >= 0.3 is 0 Å². The van der Waals surface area contributed by atoms with Crippen LogP contribution in [0.4, 0.5) is 5.82 Å². The molecule has 0 aromatic carbocycles. The highest BCUT2D eigenvalue weighted by Gasteiger charge is 2.13. The molecular weight excluding hydrogens is 322 g/mol. The highest BCUT2D eigenvalue weighted by atomic mass is 15.0. The monoisotopic (exact) mass is 349 g/mol. The Kier molecular flexibility index (Phi) is 5.66. The summed E-state index contributed by atoms with van der Waals surface area (Å²) < 4.78 is 0. The Morgan fingerprint density at radius 1 is 1.12 bits per heavy atom. The van der Waals surface area contributed by atoms with E-state index in [9.17, 15) is 0 Å². The van der Waals surface area contributed by atoms with Crippen LogP contribution in [0, 0.1) is 11.8 Å². The maximum Gasteiger partial charge on any atom is 0.137 e. The van der Waals surface area contributed by atoms with Crippen LogP contribution in [0.2, 0.25) is 0 Å². The minimum Gasteiger partial charge on any atom is -0.370 e. The lowest BCUT2D eigenvalue weighted by atomic mass is 10.0. The first-order valence-corrected chi connectivity index (χ1v) is 9.21. The summed E-state index contributed by atoms with van der Waals surface area (Å²) in [5, 5.41) is 4.44. The van der Waals surface area contributed by atoms with Gasteiger partial charge in [0.15, 0.2) is 0 Å². The number of aromatic amines is 1. The summed E-state index contributed by atoms with van der Waals surface area (Å²) in [6, 6.07) is 8.14. The summed E-state index contributed by atoms with van der Waals surface area (Å²) in [6.07, 6.45) is 5.68. The van der Waals surface area contributed by atoms with Crippen molar-refractivity contribution in [1.29, 1.82) is 0 Å². The summed E-state index contributed by atoms with van der Waals surface area (Å²) in [4.78, 5) is 17.1. The van der Waals surface area contributed by atoms with Gasteiger partial charge in [0.1, 0.15) is 11.5 Å². The number of anilines is 1. The van der Waals surface area contributed by atoms with Crippen LogP contribution >= 0.6 is 0 Å². The first kappa shape index (κ1) is 18.1. The van der Waals surface area contributed by atoms with Crippen LogP contribution in [0.3, 0.4) is 0 Å². The second kappa shape index (κ2) is 8.13. The molecule has 0 saturated heterocycles. The number of aliphatic imine (C=N–C) groups is 1. The largest absolute Gasteiger partial charge is 0.370 e. The number of rotatable bonds is 7. The predicted molar refractivity (Wildman–Crippen MR) is 109 cm³/mol. The summed E-state index contributed by atoms with van der Waals surface area (Å²) in [5.74, 6) is 1.97. The molecule has 0 aliphatic rings. The van der Waals surface area contributed by atoms with E-state index in [1.165, 1.54) is 0 Å². The molecule has 26 heavy (non-hydrogen) atoms. The second-order valence-corrected chi connectivity index (χ2v) is 7.39. The van der Waals surface area contributed by atoms with E-state index in [0.717, 1.165) is 46.8 Å². The number of fused-ring (bicyclic) bond motifs is 1. The number of hydrogen-bond acceptors (Lipinski definition) is 4. The molecule has 3 rings (SSSR count). The van der Waals surface area contributed by atoms with Crippen LogP contribution in [0.15, 0.2) is 47.8 Å². The van der Waals surface area contributed by atoms with E-state index < -0.39 is 0 Å². The number of aromatic nitrogens is 3. The highest BCUT2D eigenvalue weighted by molar-refractivity contribution is 6.19. The third-order valence-electron chi connectivity index (χ3n) is 4.05. The molecule has 0 spiro atoms. The third-order valence-corrected chi connectivity index (χ3v) is 4.05. The molecule has 2 N–H and O–H groups in total. The van der Waals surface area contributed by atoms with E-state index in [1.54, 1.807) is 6.20 Å². The third kappa shape index (κ3) is 4.28. The SMILES string of the molecule is CC(C)CN=C(c1ccc(NCC(C)C)nc1)c1c[nH]c2ncccc12. The van der Waals surface area contributed by atoms with E-state index in [2.05, 4.69) is 60.1 Å². The van der Waals surface area contributed by atoms with Crippen LogP contribution in [0.5, 0.6) is 0 Å². The summed E-state index contributed by atoms with van der Waals surface area (Å²) >= 11 is 0. The lowest BCUT2D eigenvalue weighted by Crippen LogP contribution is -2.10. The quantitative estimate of drug-likeness (QED) is 0.616. The molecule has 0 saturated carbocycles. The molecule has 136 valence electrons. The van der Waals surface area contributed by atoms with Gasteiger partial charge in [0, 0.05) is 48.2 Å². The standard InChI is InChI=1S/C21H27N5/c1-14(2)10-23-19-8-7-16(12-24-19)20(25-11-15(3)4)18-13-26-21-17(18)6-5-9-22-21/h5-9,12-15H,10-11H2,1-4H3,(H,22,26)(H,23,24). The molecule has 5 nitrogen and oxygen atoms in total. The smallest absolute Gasteiger partial charge is 0.137 e. The molecule has 0 radical (unpaired) electrons. The summed E-state index contributed by atoms with van der Waals surface area (Å²) in [6.45, 7) is 10.4. The van der Waals surface area contributed by atoms with Crippen LogP contribution in [0.1, 0.15) is 38.8 Å². The molecule has 0 aliphatic heterocycles. The molecule has 5 heteroatoms. The zero-order valence-electron chi connectivity index (χ0n) is 16.0. The fraction of sp³-hybridized carbons (Fsp3) is 0.381. The number of H-pyrrole nitrogens is 1. The van der Waals surface area contributed by atoms with Crippen LogP contribution in [-0.4, -0.2) is 33.8 Å². The average molecular weight is 349 g/mol. The lowest BCUT2D eigenvalue weighted by molar-refractivity contribution is 0.666. The van der Waals surface area contributed by atoms with Crippen molar-refractivity contribution in [3.63, 3.8) is 0 Å². The molecule has 3 aromatic rings. The zero-order chi connectivity index (χ0) is 18.5. The molecule has 0 amide bonds. The Morgan fingerprint density at radius 3 is 2.65 bits per heavy atom. The van der Waals surface area contributed by atoms with Crippen molar-refractivity contribution in [2.45, 2.75) is 27.7 Å². The fourth-order valence-electron chi connectivity index (χ4n) is 2.70. The van der Waals surface area contributed by atoms with Crippen molar-refractivity contribution in [1.82, 2.24) is 15.0 Å². The molecule has 0 unspecified atom stereocenters. The molecule has 0 atom stereocenters. The topological polar surface area (TPSA) is 66.0 Å². The Hall–Kier alpha value is -2.69. The van der Waals surface area contributed by atoms with Crippen molar-refractivity contribution in [3.05, 3.63) is 54.0 Å². The Balaban J connectivity index is 1.95. The van der Waals surface area contributed by atoms with Crippen LogP contribution < -0.4 is 5.32 Å². The number of hydrogen-bond donors (Lipinski definition) is 2. The van der Waals surface area contributed by atoms with E-state index in [4.69, 9.17) is 4.99 Å². The van der Waals surface area contributed by atoms with Gasteiger partial charge < -0.3 is 10.3 Å². The number of pyridine rings is 2. The Labute approximate surface area is 155 Å². The minimum atomic E-state index is 0.494. The summed E-state index contributed by atoms with van der Waals surface area (Å²) in [5.41, 5.74) is 3.92. The van der Waals surface area contributed by atoms with Crippen molar-refractivity contribution >= 4 is 22.6 Å². The second-order valence-electron chi connectivity index (χ2n) is 7.39. The van der Waals surface area contributed by atoms with E-state index in [-0.39, 0.29) is 0 Å². The first-order chi connectivity index (χ1) is 12.5. The molecule has 0 aliphatic carbocycles. The van der Waals surface area contributed by atoms with Crippen molar-refractivity contribution in [2.75, 3.05) is 18.4 Å². The first-order valence-electron chi connectivity index (χ1n) is 9.21. The van der Waals surface area contributed by atoms with E-state index in [1.807, 2.05) is 24.5 Å². The van der Waals surface area contributed by atoms with Gasteiger partial charge in [-0.3, -0.25) is 4.99 Å². The van der Waals surface area contributed by atoms with Crippen molar-refractivity contribution in [3.8, 4) is 0 Å². The van der Waals surface area contributed by atoms with Crippen molar-refractivity contribution in [2.24, 2.45) is 16.8 Å². The van der Waals surface area contributed by atoms with Gasteiger partial charge in [0.25, 0.3) is 0 Å². The van der Waals surface area contributed by atoms with Crippen molar-refractivity contribution < 1.29 is 0 Å². The minimum absolute atomic E-state index is 0.494. The molecule has 0 fully saturated rings. The van der Waals surface area contributed by atoms with Gasteiger partial charge in [-0.1, -0.05) is 27.7 Å². The van der Waals surface area contributed by atoms with Gasteiger partial charge in [-0.25, -0.2) is 9.97 Å². The zero-order valence-corrected chi connectivity index (χ0v) is 16.0. The van der Waals surface area contributed by atoms with E-state index >= 15 is 0 Å². The summed E-state index contributed by atoms with van der Waals surface area (Å²) in [7, 11) is 0. The van der Waals surface area contributed by atoms with E-state index in [0.29, 0.717) is 11.8 Å². The highest BCUT2D eigenvalue weighted by Crippen LogP contribution is 2.21. The molecule has 0 bridgehead atoms. The van der Waals surface area contributed by atoms with Gasteiger partial charge in [0.05, 0.1) is 5.71 Å². The molecule has 3 heterocycles. The molecule has 3 aromatic heterocycles. The van der Waals surface area contributed by atoms with Gasteiger partial charge in [-0.05, 0) is 36.1 Å². The fourth-order valence-corrected chi connectivity index (χ4v) is 2.70. The van der Waals surface area contributed by atoms with Gasteiger partial charge in [-0.15, -0.1) is 0 Å². The average Bonchev–Trinajstić information content (AvgIpc) is 3.05. The Morgan fingerprint density at radius 2 is 1.96 bits per heavy atom. The number of nitrogens with zero attached hydrogens (tertiary/aromatic N) is 3. The predicted octanol–water partition coefficient (Wildman–Crippen LogP) is 4.52. The van der Waals surface area contributed by atoms with Crippen LogP contribution in [-0.2, 0) is 0 Å². The Bertz CT molecular complexity index is 875. The normalized spacial score (nSPS) is 12.3.